The lowest BCUT2D eigenvalue weighted by Gasteiger charge is -2.20. The third kappa shape index (κ3) is 4.12. The van der Waals surface area contributed by atoms with Crippen LogP contribution in [0.4, 0.5) is 5.69 Å². The summed E-state index contributed by atoms with van der Waals surface area (Å²) in [6.45, 7) is 1.54. The standard InChI is InChI=1S/C20H20N2O2S/c1-13(23)17-11-15-9-5-6-10-16(15)12-18(17)21-20(25)22-19(24)14-7-3-2-4-8-14/h2-4,7-8,11-12H,5-6,9-10H2,1H3,(H2,21,22,24,25). The normalized spacial score (nSPS) is 12.8. The van der Waals surface area contributed by atoms with Crippen LogP contribution in [-0.2, 0) is 12.8 Å². The van der Waals surface area contributed by atoms with Crippen molar-refractivity contribution in [1.29, 1.82) is 0 Å². The van der Waals surface area contributed by atoms with Crippen LogP contribution < -0.4 is 10.6 Å². The van der Waals surface area contributed by atoms with Gasteiger partial charge in [-0.15, -0.1) is 0 Å². The van der Waals surface area contributed by atoms with Crippen LogP contribution in [0.25, 0.3) is 0 Å². The van der Waals surface area contributed by atoms with Crippen molar-refractivity contribution in [3.8, 4) is 0 Å². The molecule has 4 nitrogen and oxygen atoms in total. The van der Waals surface area contributed by atoms with Gasteiger partial charge in [0.05, 0.1) is 5.69 Å². The highest BCUT2D eigenvalue weighted by molar-refractivity contribution is 7.80. The molecule has 2 aromatic rings. The van der Waals surface area contributed by atoms with Gasteiger partial charge in [0.25, 0.3) is 5.91 Å². The number of carbonyl (C=O) groups excluding carboxylic acids is 2. The van der Waals surface area contributed by atoms with E-state index in [1.165, 1.54) is 11.1 Å². The van der Waals surface area contributed by atoms with Crippen LogP contribution in [0.5, 0.6) is 0 Å². The molecule has 0 fully saturated rings. The van der Waals surface area contributed by atoms with Gasteiger partial charge in [0.15, 0.2) is 10.9 Å². The first kappa shape index (κ1) is 17.3. The number of nitrogens with one attached hydrogen (secondary N) is 2. The Balaban J connectivity index is 1.78. The third-order valence-corrected chi connectivity index (χ3v) is 4.58. The number of carbonyl (C=O) groups is 2. The van der Waals surface area contributed by atoms with Gasteiger partial charge in [-0.1, -0.05) is 18.2 Å². The van der Waals surface area contributed by atoms with Gasteiger partial charge in [-0.2, -0.15) is 0 Å². The minimum Gasteiger partial charge on any atom is -0.332 e. The van der Waals surface area contributed by atoms with Gasteiger partial charge in [-0.25, -0.2) is 0 Å². The van der Waals surface area contributed by atoms with Crippen molar-refractivity contribution in [2.75, 3.05) is 5.32 Å². The van der Waals surface area contributed by atoms with Crippen molar-refractivity contribution in [1.82, 2.24) is 5.32 Å². The average molecular weight is 352 g/mol. The second-order valence-corrected chi connectivity index (χ2v) is 6.61. The quantitative estimate of drug-likeness (QED) is 0.650. The molecule has 25 heavy (non-hydrogen) atoms. The van der Waals surface area contributed by atoms with Crippen molar-refractivity contribution in [2.45, 2.75) is 32.6 Å². The predicted molar refractivity (Wildman–Crippen MR) is 103 cm³/mol. The van der Waals surface area contributed by atoms with Crippen LogP contribution in [0.2, 0.25) is 0 Å². The lowest BCUT2D eigenvalue weighted by Crippen LogP contribution is -2.34. The van der Waals surface area contributed by atoms with Gasteiger partial charge in [0.2, 0.25) is 0 Å². The molecule has 0 aromatic heterocycles. The molecule has 0 aliphatic heterocycles. The lowest BCUT2D eigenvalue weighted by molar-refractivity contribution is 0.0976. The minimum absolute atomic E-state index is 0.0203. The molecule has 1 aliphatic carbocycles. The maximum absolute atomic E-state index is 12.2. The molecule has 128 valence electrons. The number of ketones is 1. The number of hydrogen-bond donors (Lipinski definition) is 2. The molecule has 0 unspecified atom stereocenters. The Morgan fingerprint density at radius 3 is 2.28 bits per heavy atom. The summed E-state index contributed by atoms with van der Waals surface area (Å²) in [5.41, 5.74) is 4.28. The van der Waals surface area contributed by atoms with Crippen molar-refractivity contribution < 1.29 is 9.59 Å². The number of rotatable bonds is 3. The van der Waals surface area contributed by atoms with Gasteiger partial charge in [0.1, 0.15) is 0 Å². The molecule has 1 aliphatic rings. The molecule has 3 rings (SSSR count). The smallest absolute Gasteiger partial charge is 0.257 e. The first-order valence-electron chi connectivity index (χ1n) is 8.38. The van der Waals surface area contributed by atoms with Crippen LogP contribution in [0.15, 0.2) is 42.5 Å². The van der Waals surface area contributed by atoms with Crippen LogP contribution in [0.3, 0.4) is 0 Å². The third-order valence-electron chi connectivity index (χ3n) is 4.37. The molecular weight excluding hydrogens is 332 g/mol. The van der Waals surface area contributed by atoms with Gasteiger partial charge in [-0.05, 0) is 80.2 Å². The summed E-state index contributed by atoms with van der Waals surface area (Å²) in [6.07, 6.45) is 4.32. The number of fused-ring (bicyclic) bond motifs is 1. The van der Waals surface area contributed by atoms with E-state index < -0.39 is 0 Å². The monoisotopic (exact) mass is 352 g/mol. The summed E-state index contributed by atoms with van der Waals surface area (Å²) < 4.78 is 0. The van der Waals surface area contributed by atoms with E-state index >= 15 is 0 Å². The number of amides is 1. The molecule has 0 heterocycles. The summed E-state index contributed by atoms with van der Waals surface area (Å²) in [6, 6.07) is 12.8. The van der Waals surface area contributed by atoms with Crippen molar-refractivity contribution >= 4 is 34.7 Å². The molecule has 2 N–H and O–H groups in total. The minimum atomic E-state index is -0.277. The SMILES string of the molecule is CC(=O)c1cc2c(cc1NC(=S)NC(=O)c1ccccc1)CCCC2. The van der Waals surface area contributed by atoms with E-state index in [0.717, 1.165) is 25.7 Å². The van der Waals surface area contributed by atoms with E-state index in [4.69, 9.17) is 12.2 Å². The molecule has 2 aromatic carbocycles. The Bertz CT molecular complexity index is 831. The molecule has 5 heteroatoms. The molecule has 0 saturated carbocycles. The van der Waals surface area contributed by atoms with E-state index in [1.54, 1.807) is 31.2 Å². The van der Waals surface area contributed by atoms with E-state index in [9.17, 15) is 9.59 Å². The molecule has 0 bridgehead atoms. The van der Waals surface area contributed by atoms with E-state index in [0.29, 0.717) is 16.8 Å². The number of aryl methyl sites for hydroxylation is 2. The fourth-order valence-electron chi connectivity index (χ4n) is 3.10. The lowest BCUT2D eigenvalue weighted by atomic mass is 9.89. The van der Waals surface area contributed by atoms with Crippen LogP contribution >= 0.6 is 12.2 Å². The second-order valence-electron chi connectivity index (χ2n) is 6.20. The highest BCUT2D eigenvalue weighted by Crippen LogP contribution is 2.28. The number of Topliss-reactive ketones (excluding diaryl/α,β-unsaturated/α-hetero) is 1. The molecule has 1 amide bonds. The Morgan fingerprint density at radius 2 is 1.64 bits per heavy atom. The van der Waals surface area contributed by atoms with Gasteiger partial charge in [0, 0.05) is 11.1 Å². The summed E-state index contributed by atoms with van der Waals surface area (Å²) >= 11 is 5.26. The highest BCUT2D eigenvalue weighted by atomic mass is 32.1. The largest absolute Gasteiger partial charge is 0.332 e. The first-order chi connectivity index (χ1) is 12.0. The second kappa shape index (κ2) is 7.57. The topological polar surface area (TPSA) is 58.2 Å². The fraction of sp³-hybridized carbons (Fsp3) is 0.250. The number of hydrogen-bond acceptors (Lipinski definition) is 3. The predicted octanol–water partition coefficient (Wildman–Crippen LogP) is 3.89. The molecular formula is C20H20N2O2S. The summed E-state index contributed by atoms with van der Waals surface area (Å²) in [5, 5.41) is 5.87. The van der Waals surface area contributed by atoms with Crippen LogP contribution in [-0.4, -0.2) is 16.8 Å². The van der Waals surface area contributed by atoms with Crippen molar-refractivity contribution in [2.24, 2.45) is 0 Å². The average Bonchev–Trinajstić information content (AvgIpc) is 2.61. The van der Waals surface area contributed by atoms with Gasteiger partial charge < -0.3 is 5.32 Å². The number of thiocarbonyl (C=S) groups is 1. The molecule has 0 radical (unpaired) electrons. The Hall–Kier alpha value is -2.53. The first-order valence-corrected chi connectivity index (χ1v) is 8.79. The number of anilines is 1. The molecule has 0 atom stereocenters. The fourth-order valence-corrected chi connectivity index (χ4v) is 3.30. The Kier molecular flexibility index (Phi) is 5.24. The highest BCUT2D eigenvalue weighted by Gasteiger charge is 2.17. The maximum Gasteiger partial charge on any atom is 0.257 e. The van der Waals surface area contributed by atoms with Crippen LogP contribution in [0, 0.1) is 0 Å². The zero-order valence-corrected chi connectivity index (χ0v) is 14.9. The zero-order valence-electron chi connectivity index (χ0n) is 14.1. The van der Waals surface area contributed by atoms with E-state index in [2.05, 4.69) is 10.6 Å². The summed E-state index contributed by atoms with van der Waals surface area (Å²) in [5.74, 6) is -0.298. The Labute approximate surface area is 152 Å². The van der Waals surface area contributed by atoms with E-state index in [1.807, 2.05) is 18.2 Å². The van der Waals surface area contributed by atoms with Gasteiger partial charge >= 0.3 is 0 Å². The number of benzene rings is 2. The van der Waals surface area contributed by atoms with E-state index in [-0.39, 0.29) is 16.8 Å². The van der Waals surface area contributed by atoms with Crippen molar-refractivity contribution in [3.05, 3.63) is 64.7 Å². The summed E-state index contributed by atoms with van der Waals surface area (Å²) in [4.78, 5) is 24.2. The molecule has 0 saturated heterocycles. The van der Waals surface area contributed by atoms with Crippen LogP contribution in [0.1, 0.15) is 51.6 Å². The molecule has 0 spiro atoms. The van der Waals surface area contributed by atoms with Crippen molar-refractivity contribution in [3.63, 3.8) is 0 Å². The Morgan fingerprint density at radius 1 is 1.00 bits per heavy atom. The summed E-state index contributed by atoms with van der Waals surface area (Å²) in [7, 11) is 0. The maximum atomic E-state index is 12.2. The zero-order chi connectivity index (χ0) is 17.8. The van der Waals surface area contributed by atoms with Gasteiger partial charge in [-0.3, -0.25) is 14.9 Å².